The first-order valence-corrected chi connectivity index (χ1v) is 6.56. The zero-order valence-corrected chi connectivity index (χ0v) is 11.6. The number of rotatable bonds is 3. The fourth-order valence-electron chi connectivity index (χ4n) is 2.41. The summed E-state index contributed by atoms with van der Waals surface area (Å²) in [5.74, 6) is -0.536. The molecule has 0 fully saturated rings. The highest BCUT2D eigenvalue weighted by atomic mass is 16.6. The molecule has 0 radical (unpaired) electrons. The van der Waals surface area contributed by atoms with Crippen molar-refractivity contribution in [3.05, 3.63) is 73.8 Å². The van der Waals surface area contributed by atoms with Crippen LogP contribution in [0, 0.1) is 20.2 Å². The maximum Gasteiger partial charge on any atom is 0.276 e. The first-order valence-electron chi connectivity index (χ1n) is 6.56. The Hall–Kier alpha value is -3.49. The third kappa shape index (κ3) is 2.55. The molecule has 3 rings (SSSR count). The van der Waals surface area contributed by atoms with Crippen molar-refractivity contribution in [1.29, 1.82) is 0 Å². The number of nitrogens with zero attached hydrogens (tertiary/aromatic N) is 2. The van der Waals surface area contributed by atoms with Crippen molar-refractivity contribution in [2.45, 2.75) is 6.17 Å². The molecular weight excluding hydrogens is 304 g/mol. The van der Waals surface area contributed by atoms with Crippen molar-refractivity contribution < 1.29 is 14.6 Å². The van der Waals surface area contributed by atoms with E-state index in [0.717, 1.165) is 6.07 Å². The summed E-state index contributed by atoms with van der Waals surface area (Å²) in [6.07, 6.45) is -0.793. The van der Waals surface area contributed by atoms with Gasteiger partial charge in [0.25, 0.3) is 17.3 Å². The van der Waals surface area contributed by atoms with Crippen LogP contribution in [0.4, 0.5) is 17.1 Å². The molecular formula is C14H10N4O5. The lowest BCUT2D eigenvalue weighted by atomic mass is 10.0. The second kappa shape index (κ2) is 5.37. The molecule has 2 aromatic carbocycles. The van der Waals surface area contributed by atoms with Crippen molar-refractivity contribution >= 4 is 23.0 Å². The number of nitro groups is 2. The van der Waals surface area contributed by atoms with Crippen molar-refractivity contribution in [3.8, 4) is 0 Å². The lowest BCUT2D eigenvalue weighted by Crippen LogP contribution is -2.38. The van der Waals surface area contributed by atoms with Crippen LogP contribution in [0.1, 0.15) is 22.1 Å². The van der Waals surface area contributed by atoms with Gasteiger partial charge in [0, 0.05) is 23.9 Å². The number of hydrogen-bond donors (Lipinski definition) is 2. The molecule has 1 amide bonds. The third-order valence-corrected chi connectivity index (χ3v) is 3.48. The third-order valence-electron chi connectivity index (χ3n) is 3.48. The SMILES string of the molecule is O=C1NC(c2ccccc2[N+](=O)[O-])Nc2ccc([N+](=O)[O-])cc21. The number of non-ortho nitro benzene ring substituents is 1. The highest BCUT2D eigenvalue weighted by Gasteiger charge is 2.30. The molecule has 2 aromatic rings. The molecule has 1 aliphatic heterocycles. The van der Waals surface area contributed by atoms with Gasteiger partial charge in [-0.15, -0.1) is 0 Å². The van der Waals surface area contributed by atoms with E-state index in [-0.39, 0.29) is 16.9 Å². The minimum atomic E-state index is -0.793. The molecule has 0 aliphatic carbocycles. The van der Waals surface area contributed by atoms with Crippen LogP contribution in [0.2, 0.25) is 0 Å². The highest BCUT2D eigenvalue weighted by molar-refractivity contribution is 6.02. The summed E-state index contributed by atoms with van der Waals surface area (Å²) in [4.78, 5) is 32.9. The van der Waals surface area contributed by atoms with Gasteiger partial charge in [-0.05, 0) is 12.1 Å². The Morgan fingerprint density at radius 2 is 1.70 bits per heavy atom. The quantitative estimate of drug-likeness (QED) is 0.661. The summed E-state index contributed by atoms with van der Waals surface area (Å²) in [6, 6.07) is 9.87. The van der Waals surface area contributed by atoms with Gasteiger partial charge in [0.1, 0.15) is 6.17 Å². The van der Waals surface area contributed by atoms with Crippen LogP contribution >= 0.6 is 0 Å². The Balaban J connectivity index is 2.00. The van der Waals surface area contributed by atoms with Gasteiger partial charge in [-0.1, -0.05) is 12.1 Å². The van der Waals surface area contributed by atoms with Gasteiger partial charge in [0.05, 0.1) is 21.0 Å². The van der Waals surface area contributed by atoms with E-state index >= 15 is 0 Å². The second-order valence-corrected chi connectivity index (χ2v) is 4.85. The van der Waals surface area contributed by atoms with Gasteiger partial charge in [0.2, 0.25) is 0 Å². The van der Waals surface area contributed by atoms with Crippen molar-refractivity contribution in [2.24, 2.45) is 0 Å². The van der Waals surface area contributed by atoms with E-state index in [2.05, 4.69) is 10.6 Å². The van der Waals surface area contributed by atoms with E-state index < -0.39 is 21.9 Å². The topological polar surface area (TPSA) is 127 Å². The van der Waals surface area contributed by atoms with Crippen LogP contribution in [-0.4, -0.2) is 15.8 Å². The Labute approximate surface area is 129 Å². The molecule has 9 nitrogen and oxygen atoms in total. The standard InChI is InChI=1S/C14H10N4O5/c19-14-10-7-8(17(20)21)5-6-11(10)15-13(16-14)9-3-1-2-4-12(9)18(22)23/h1-7,13,15H,(H,16,19). The Morgan fingerprint density at radius 1 is 0.957 bits per heavy atom. The van der Waals surface area contributed by atoms with Crippen LogP contribution in [0.25, 0.3) is 0 Å². The van der Waals surface area contributed by atoms with E-state index in [0.29, 0.717) is 11.3 Å². The molecule has 23 heavy (non-hydrogen) atoms. The summed E-state index contributed by atoms with van der Waals surface area (Å²) in [5.41, 5.74) is 0.465. The Kier molecular flexibility index (Phi) is 3.37. The van der Waals surface area contributed by atoms with Crippen LogP contribution in [0.15, 0.2) is 42.5 Å². The fraction of sp³-hybridized carbons (Fsp3) is 0.0714. The first-order chi connectivity index (χ1) is 11.0. The maximum atomic E-state index is 12.2. The molecule has 116 valence electrons. The van der Waals surface area contributed by atoms with Crippen molar-refractivity contribution in [1.82, 2.24) is 5.32 Å². The van der Waals surface area contributed by atoms with E-state index in [1.54, 1.807) is 6.07 Å². The Morgan fingerprint density at radius 3 is 2.39 bits per heavy atom. The van der Waals surface area contributed by atoms with E-state index in [1.807, 2.05) is 0 Å². The number of amides is 1. The number of anilines is 1. The van der Waals surface area contributed by atoms with Gasteiger partial charge in [-0.2, -0.15) is 0 Å². The van der Waals surface area contributed by atoms with Gasteiger partial charge >= 0.3 is 0 Å². The minimum absolute atomic E-state index is 0.119. The zero-order chi connectivity index (χ0) is 16.6. The number of nitro benzene ring substituents is 2. The van der Waals surface area contributed by atoms with Crippen molar-refractivity contribution in [3.63, 3.8) is 0 Å². The first kappa shape index (κ1) is 14.4. The molecule has 2 N–H and O–H groups in total. The van der Waals surface area contributed by atoms with Crippen LogP contribution in [0.5, 0.6) is 0 Å². The largest absolute Gasteiger partial charge is 0.361 e. The highest BCUT2D eigenvalue weighted by Crippen LogP contribution is 2.32. The molecule has 0 saturated carbocycles. The molecule has 1 aliphatic rings. The molecule has 0 spiro atoms. The van der Waals surface area contributed by atoms with Gasteiger partial charge < -0.3 is 10.6 Å². The van der Waals surface area contributed by atoms with E-state index in [4.69, 9.17) is 0 Å². The van der Waals surface area contributed by atoms with Gasteiger partial charge in [-0.3, -0.25) is 25.0 Å². The normalized spacial score (nSPS) is 16.0. The predicted octanol–water partition coefficient (Wildman–Crippen LogP) is 2.36. The average molecular weight is 314 g/mol. The zero-order valence-electron chi connectivity index (χ0n) is 11.6. The number of carbonyl (C=O) groups is 1. The monoisotopic (exact) mass is 314 g/mol. The molecule has 0 aromatic heterocycles. The molecule has 1 unspecified atom stereocenters. The number of nitrogens with one attached hydrogen (secondary N) is 2. The van der Waals surface area contributed by atoms with E-state index in [9.17, 15) is 25.0 Å². The van der Waals surface area contributed by atoms with Crippen LogP contribution in [0.3, 0.4) is 0 Å². The lowest BCUT2D eigenvalue weighted by molar-refractivity contribution is -0.385. The van der Waals surface area contributed by atoms with E-state index in [1.165, 1.54) is 30.3 Å². The van der Waals surface area contributed by atoms with Crippen LogP contribution < -0.4 is 10.6 Å². The summed E-state index contributed by atoms with van der Waals surface area (Å²) < 4.78 is 0. The molecule has 9 heteroatoms. The fourth-order valence-corrected chi connectivity index (χ4v) is 2.41. The summed E-state index contributed by atoms with van der Waals surface area (Å²) >= 11 is 0. The molecule has 1 heterocycles. The smallest absolute Gasteiger partial charge is 0.276 e. The second-order valence-electron chi connectivity index (χ2n) is 4.85. The van der Waals surface area contributed by atoms with Crippen LogP contribution in [-0.2, 0) is 0 Å². The lowest BCUT2D eigenvalue weighted by Gasteiger charge is -2.27. The van der Waals surface area contributed by atoms with Crippen molar-refractivity contribution in [2.75, 3.05) is 5.32 Å². The molecule has 1 atom stereocenters. The van der Waals surface area contributed by atoms with Gasteiger partial charge in [-0.25, -0.2) is 0 Å². The minimum Gasteiger partial charge on any atom is -0.361 e. The number of carbonyl (C=O) groups excluding carboxylic acids is 1. The number of hydrogen-bond acceptors (Lipinski definition) is 6. The summed E-state index contributed by atoms with van der Waals surface area (Å²) in [5, 5.41) is 27.4. The van der Waals surface area contributed by atoms with Gasteiger partial charge in [0.15, 0.2) is 0 Å². The number of benzene rings is 2. The maximum absolute atomic E-state index is 12.2. The average Bonchev–Trinajstić information content (AvgIpc) is 2.54. The molecule has 0 saturated heterocycles. The molecule has 0 bridgehead atoms. The Bertz CT molecular complexity index is 836. The predicted molar refractivity (Wildman–Crippen MR) is 80.0 cm³/mol. The number of para-hydroxylation sites is 1. The summed E-state index contributed by atoms with van der Waals surface area (Å²) in [6.45, 7) is 0. The number of fused-ring (bicyclic) bond motifs is 1. The summed E-state index contributed by atoms with van der Waals surface area (Å²) in [7, 11) is 0.